The summed E-state index contributed by atoms with van der Waals surface area (Å²) in [6.07, 6.45) is 0.000191. The molecule has 0 unspecified atom stereocenters. The fourth-order valence-corrected chi connectivity index (χ4v) is 1.30. The van der Waals surface area contributed by atoms with Gasteiger partial charge in [-0.1, -0.05) is 30.3 Å². The van der Waals surface area contributed by atoms with Crippen LogP contribution in [-0.2, 0) is 20.8 Å². The van der Waals surface area contributed by atoms with Crippen LogP contribution in [0, 0.1) is 0 Å². The minimum absolute atomic E-state index is 0.000191. The van der Waals surface area contributed by atoms with Crippen LogP contribution >= 0.6 is 0 Å². The monoisotopic (exact) mass is 210 g/mol. The molecule has 84 valence electrons. The van der Waals surface area contributed by atoms with E-state index in [1.54, 1.807) is 14.2 Å². The van der Waals surface area contributed by atoms with Crippen LogP contribution < -0.4 is 0 Å². The molecule has 0 radical (unpaired) electrons. The van der Waals surface area contributed by atoms with E-state index in [2.05, 4.69) is 0 Å². The molecule has 15 heavy (non-hydrogen) atoms. The van der Waals surface area contributed by atoms with E-state index < -0.39 is 0 Å². The first-order valence-electron chi connectivity index (χ1n) is 5.00. The standard InChI is InChI=1S/C12H18O3/c1-13-9-12(10-14-2)15-8-11-6-4-3-5-7-11/h3-7,12H,8-10H2,1-2H3. The Morgan fingerprint density at radius 2 is 1.60 bits per heavy atom. The lowest BCUT2D eigenvalue weighted by Gasteiger charge is -2.16. The van der Waals surface area contributed by atoms with Crippen molar-refractivity contribution in [3.05, 3.63) is 35.9 Å². The normalized spacial score (nSPS) is 10.9. The second kappa shape index (κ2) is 7.40. The molecule has 0 saturated carbocycles. The van der Waals surface area contributed by atoms with E-state index in [0.717, 1.165) is 5.56 Å². The minimum atomic E-state index is 0.000191. The van der Waals surface area contributed by atoms with Gasteiger partial charge >= 0.3 is 0 Å². The maximum Gasteiger partial charge on any atom is 0.104 e. The number of rotatable bonds is 7. The zero-order valence-electron chi connectivity index (χ0n) is 9.31. The van der Waals surface area contributed by atoms with Crippen molar-refractivity contribution in [2.24, 2.45) is 0 Å². The van der Waals surface area contributed by atoms with Crippen LogP contribution in [0.4, 0.5) is 0 Å². The van der Waals surface area contributed by atoms with Crippen molar-refractivity contribution in [3.63, 3.8) is 0 Å². The summed E-state index contributed by atoms with van der Waals surface area (Å²) in [5, 5.41) is 0. The Kier molecular flexibility index (Phi) is 6.00. The summed E-state index contributed by atoms with van der Waals surface area (Å²) in [5.41, 5.74) is 1.16. The lowest BCUT2D eigenvalue weighted by molar-refractivity contribution is -0.0488. The van der Waals surface area contributed by atoms with E-state index in [0.29, 0.717) is 19.8 Å². The van der Waals surface area contributed by atoms with Gasteiger partial charge in [-0.3, -0.25) is 0 Å². The van der Waals surface area contributed by atoms with Crippen LogP contribution in [0.1, 0.15) is 5.56 Å². The lowest BCUT2D eigenvalue weighted by atomic mass is 10.2. The quantitative estimate of drug-likeness (QED) is 0.687. The van der Waals surface area contributed by atoms with Crippen LogP contribution in [0.25, 0.3) is 0 Å². The Hall–Kier alpha value is -0.900. The molecule has 0 aliphatic heterocycles. The minimum Gasteiger partial charge on any atom is -0.382 e. The highest BCUT2D eigenvalue weighted by atomic mass is 16.6. The molecule has 1 aromatic carbocycles. The second-order valence-electron chi connectivity index (χ2n) is 3.33. The first kappa shape index (κ1) is 12.2. The summed E-state index contributed by atoms with van der Waals surface area (Å²) in [6.45, 7) is 1.71. The van der Waals surface area contributed by atoms with E-state index in [9.17, 15) is 0 Å². The van der Waals surface area contributed by atoms with Crippen molar-refractivity contribution in [2.75, 3.05) is 27.4 Å². The van der Waals surface area contributed by atoms with Gasteiger partial charge in [-0.2, -0.15) is 0 Å². The fourth-order valence-electron chi connectivity index (χ4n) is 1.30. The summed E-state index contributed by atoms with van der Waals surface area (Å²) in [6, 6.07) is 10.1. The Balaban J connectivity index is 2.33. The molecule has 1 rings (SSSR count). The first-order chi connectivity index (χ1) is 7.36. The van der Waals surface area contributed by atoms with Gasteiger partial charge in [0.25, 0.3) is 0 Å². The summed E-state index contributed by atoms with van der Waals surface area (Å²) >= 11 is 0. The molecule has 1 aromatic rings. The number of ether oxygens (including phenoxy) is 3. The van der Waals surface area contributed by atoms with E-state index in [1.165, 1.54) is 0 Å². The highest BCUT2D eigenvalue weighted by Crippen LogP contribution is 2.04. The molecular weight excluding hydrogens is 192 g/mol. The molecule has 0 aliphatic carbocycles. The third-order valence-corrected chi connectivity index (χ3v) is 2.03. The van der Waals surface area contributed by atoms with Gasteiger partial charge in [0.15, 0.2) is 0 Å². The Morgan fingerprint density at radius 1 is 1.00 bits per heavy atom. The summed E-state index contributed by atoms with van der Waals surface area (Å²) in [5.74, 6) is 0. The molecular formula is C12H18O3. The van der Waals surface area contributed by atoms with Gasteiger partial charge in [-0.05, 0) is 5.56 Å². The van der Waals surface area contributed by atoms with Crippen LogP contribution in [0.2, 0.25) is 0 Å². The average Bonchev–Trinajstić information content (AvgIpc) is 2.28. The molecule has 0 heterocycles. The van der Waals surface area contributed by atoms with Crippen molar-refractivity contribution < 1.29 is 14.2 Å². The average molecular weight is 210 g/mol. The molecule has 0 fully saturated rings. The number of methoxy groups -OCH3 is 2. The fraction of sp³-hybridized carbons (Fsp3) is 0.500. The number of hydrogen-bond acceptors (Lipinski definition) is 3. The van der Waals surface area contributed by atoms with E-state index in [1.807, 2.05) is 30.3 Å². The molecule has 0 atom stereocenters. The summed E-state index contributed by atoms with van der Waals surface area (Å²) in [7, 11) is 3.32. The van der Waals surface area contributed by atoms with Gasteiger partial charge in [0.2, 0.25) is 0 Å². The molecule has 3 heteroatoms. The van der Waals surface area contributed by atoms with Crippen LogP contribution in [0.5, 0.6) is 0 Å². The topological polar surface area (TPSA) is 27.7 Å². The molecule has 3 nitrogen and oxygen atoms in total. The van der Waals surface area contributed by atoms with E-state index in [4.69, 9.17) is 14.2 Å². The predicted octanol–water partition coefficient (Wildman–Crippen LogP) is 1.86. The molecule has 0 aliphatic rings. The van der Waals surface area contributed by atoms with Crippen molar-refractivity contribution >= 4 is 0 Å². The van der Waals surface area contributed by atoms with Crippen LogP contribution in [-0.4, -0.2) is 33.5 Å². The smallest absolute Gasteiger partial charge is 0.104 e. The van der Waals surface area contributed by atoms with Gasteiger partial charge < -0.3 is 14.2 Å². The highest BCUT2D eigenvalue weighted by Gasteiger charge is 2.08. The first-order valence-corrected chi connectivity index (χ1v) is 5.00. The van der Waals surface area contributed by atoms with Gasteiger partial charge in [-0.25, -0.2) is 0 Å². The zero-order chi connectivity index (χ0) is 10.9. The predicted molar refractivity (Wildman–Crippen MR) is 58.8 cm³/mol. The van der Waals surface area contributed by atoms with Crippen molar-refractivity contribution in [1.29, 1.82) is 0 Å². The summed E-state index contributed by atoms with van der Waals surface area (Å²) in [4.78, 5) is 0. The van der Waals surface area contributed by atoms with Crippen molar-refractivity contribution in [2.45, 2.75) is 12.7 Å². The Morgan fingerprint density at radius 3 is 2.13 bits per heavy atom. The maximum atomic E-state index is 5.66. The Labute approximate surface area is 91.0 Å². The van der Waals surface area contributed by atoms with Crippen LogP contribution in [0.3, 0.4) is 0 Å². The van der Waals surface area contributed by atoms with Crippen molar-refractivity contribution in [1.82, 2.24) is 0 Å². The summed E-state index contributed by atoms with van der Waals surface area (Å²) < 4.78 is 15.7. The van der Waals surface area contributed by atoms with Gasteiger partial charge in [0.1, 0.15) is 6.10 Å². The molecule has 0 N–H and O–H groups in total. The SMILES string of the molecule is COCC(COC)OCc1ccccc1. The van der Waals surface area contributed by atoms with Crippen LogP contribution in [0.15, 0.2) is 30.3 Å². The molecule has 0 spiro atoms. The number of benzene rings is 1. The third kappa shape index (κ3) is 4.93. The lowest BCUT2D eigenvalue weighted by Crippen LogP contribution is -2.24. The third-order valence-electron chi connectivity index (χ3n) is 2.03. The highest BCUT2D eigenvalue weighted by molar-refractivity contribution is 5.13. The molecule has 0 bridgehead atoms. The van der Waals surface area contributed by atoms with E-state index >= 15 is 0 Å². The zero-order valence-corrected chi connectivity index (χ0v) is 9.31. The molecule has 0 aromatic heterocycles. The van der Waals surface area contributed by atoms with E-state index in [-0.39, 0.29) is 6.10 Å². The number of hydrogen-bond donors (Lipinski definition) is 0. The van der Waals surface area contributed by atoms with Gasteiger partial charge in [-0.15, -0.1) is 0 Å². The molecule has 0 saturated heterocycles. The van der Waals surface area contributed by atoms with Crippen molar-refractivity contribution in [3.8, 4) is 0 Å². The maximum absolute atomic E-state index is 5.66. The largest absolute Gasteiger partial charge is 0.382 e. The molecule has 0 amide bonds. The van der Waals surface area contributed by atoms with Gasteiger partial charge in [0, 0.05) is 14.2 Å². The Bertz CT molecular complexity index is 242. The van der Waals surface area contributed by atoms with Gasteiger partial charge in [0.05, 0.1) is 19.8 Å². The second-order valence-corrected chi connectivity index (χ2v) is 3.33.